The lowest BCUT2D eigenvalue weighted by Crippen LogP contribution is -2.63. The molecule has 0 amide bonds. The van der Waals surface area contributed by atoms with Crippen molar-refractivity contribution in [2.45, 2.75) is 38.2 Å². The Morgan fingerprint density at radius 1 is 1.07 bits per heavy atom. The molecule has 1 rings (SSSR count). The van der Waals surface area contributed by atoms with Crippen molar-refractivity contribution in [1.29, 1.82) is 0 Å². The summed E-state index contributed by atoms with van der Waals surface area (Å²) >= 11 is 0. The summed E-state index contributed by atoms with van der Waals surface area (Å²) in [6.07, 6.45) is -13.2. The van der Waals surface area contributed by atoms with Crippen LogP contribution in [0, 0.1) is 6.92 Å². The number of ether oxygens (including phenoxy) is 2. The van der Waals surface area contributed by atoms with Gasteiger partial charge in [0.2, 0.25) is 0 Å². The molecule has 7 nitrogen and oxygen atoms in total. The van der Waals surface area contributed by atoms with E-state index in [1.54, 1.807) is 0 Å². The molecule has 0 aliphatic heterocycles. The third-order valence-electron chi connectivity index (χ3n) is 3.44. The zero-order valence-electron chi connectivity index (χ0n) is 14.7. The van der Waals surface area contributed by atoms with Crippen LogP contribution < -0.4 is 4.74 Å². The molecule has 0 aliphatic carbocycles. The van der Waals surface area contributed by atoms with Crippen LogP contribution in [0.25, 0.3) is 0 Å². The highest BCUT2D eigenvalue weighted by Crippen LogP contribution is 2.47. The standard InChI is InChI=1S/C15H14F6O7S/c1-3-11(22)27-10-6-8(2)4-5-9(10)12(23)28-13(14(16,17)18,15(19,20)21)7-29(24,25)26/h4-6H,3,7H2,1-2H3,(H,24,25,26). The smallest absolute Gasteiger partial charge is 0.434 e. The van der Waals surface area contributed by atoms with Crippen LogP contribution in [0.1, 0.15) is 29.3 Å². The Morgan fingerprint density at radius 3 is 2.00 bits per heavy atom. The van der Waals surface area contributed by atoms with E-state index in [1.807, 2.05) is 0 Å². The quantitative estimate of drug-likeness (QED) is 0.306. The summed E-state index contributed by atoms with van der Waals surface area (Å²) < 4.78 is 118. The van der Waals surface area contributed by atoms with Gasteiger partial charge in [-0.1, -0.05) is 13.0 Å². The molecule has 29 heavy (non-hydrogen) atoms. The lowest BCUT2D eigenvalue weighted by Gasteiger charge is -2.35. The number of halogens is 6. The predicted octanol–water partition coefficient (Wildman–Crippen LogP) is 3.22. The summed E-state index contributed by atoms with van der Waals surface area (Å²) in [6, 6.07) is 2.82. The molecule has 0 bridgehead atoms. The zero-order chi connectivity index (χ0) is 22.8. The fourth-order valence-corrected chi connectivity index (χ4v) is 2.92. The third-order valence-corrected chi connectivity index (χ3v) is 4.21. The Bertz CT molecular complexity index is 875. The maximum Gasteiger partial charge on any atom is 0.438 e. The van der Waals surface area contributed by atoms with E-state index in [4.69, 9.17) is 9.29 Å². The highest BCUT2D eigenvalue weighted by molar-refractivity contribution is 7.85. The van der Waals surface area contributed by atoms with E-state index >= 15 is 0 Å². The molecule has 164 valence electrons. The number of hydrogen-bond donors (Lipinski definition) is 1. The second kappa shape index (κ2) is 8.18. The molecule has 1 aromatic rings. The monoisotopic (exact) mass is 452 g/mol. The van der Waals surface area contributed by atoms with Crippen molar-refractivity contribution in [3.05, 3.63) is 29.3 Å². The van der Waals surface area contributed by atoms with E-state index in [1.165, 1.54) is 13.8 Å². The molecule has 0 radical (unpaired) electrons. The van der Waals surface area contributed by atoms with Gasteiger partial charge in [-0.3, -0.25) is 9.35 Å². The van der Waals surface area contributed by atoms with Crippen LogP contribution in [0.2, 0.25) is 0 Å². The molecule has 0 saturated heterocycles. The number of rotatable bonds is 6. The molecule has 0 fully saturated rings. The second-order valence-electron chi connectivity index (χ2n) is 5.77. The van der Waals surface area contributed by atoms with Gasteiger partial charge in [-0.25, -0.2) is 4.79 Å². The van der Waals surface area contributed by atoms with Crippen LogP contribution in [0.4, 0.5) is 26.3 Å². The molecule has 0 aromatic heterocycles. The fraction of sp³-hybridized carbons (Fsp3) is 0.467. The predicted molar refractivity (Wildman–Crippen MR) is 83.8 cm³/mol. The van der Waals surface area contributed by atoms with Crippen molar-refractivity contribution >= 4 is 22.1 Å². The number of aryl methyl sites for hydroxylation is 1. The molecule has 1 N–H and O–H groups in total. The average Bonchev–Trinajstić information content (AvgIpc) is 2.50. The molecule has 0 aliphatic rings. The number of benzene rings is 1. The van der Waals surface area contributed by atoms with Crippen molar-refractivity contribution in [3.63, 3.8) is 0 Å². The van der Waals surface area contributed by atoms with Gasteiger partial charge in [0, 0.05) is 6.42 Å². The van der Waals surface area contributed by atoms with E-state index < -0.39 is 57.1 Å². The van der Waals surface area contributed by atoms with E-state index in [0.29, 0.717) is 5.56 Å². The van der Waals surface area contributed by atoms with E-state index in [9.17, 15) is 44.3 Å². The Labute approximate surface area is 160 Å². The van der Waals surface area contributed by atoms with Crippen LogP contribution in [0.3, 0.4) is 0 Å². The van der Waals surface area contributed by atoms with Crippen LogP contribution in [0.5, 0.6) is 5.75 Å². The minimum atomic E-state index is -6.47. The molecule has 0 heterocycles. The number of carbonyl (C=O) groups excluding carboxylic acids is 2. The number of hydrogen-bond acceptors (Lipinski definition) is 6. The van der Waals surface area contributed by atoms with Crippen LogP contribution in [0.15, 0.2) is 18.2 Å². The van der Waals surface area contributed by atoms with Crippen molar-refractivity contribution in [3.8, 4) is 5.75 Å². The molecular formula is C15H14F6O7S. The molecule has 1 aromatic carbocycles. The third kappa shape index (κ3) is 5.82. The van der Waals surface area contributed by atoms with Crippen molar-refractivity contribution in [1.82, 2.24) is 0 Å². The van der Waals surface area contributed by atoms with Gasteiger partial charge in [-0.05, 0) is 24.6 Å². The van der Waals surface area contributed by atoms with Crippen LogP contribution in [-0.4, -0.2) is 48.6 Å². The van der Waals surface area contributed by atoms with Gasteiger partial charge >= 0.3 is 29.9 Å². The molecule has 0 spiro atoms. The maximum atomic E-state index is 13.2. The van der Waals surface area contributed by atoms with Gasteiger partial charge in [-0.15, -0.1) is 0 Å². The molecule has 0 saturated carbocycles. The summed E-state index contributed by atoms with van der Waals surface area (Å²) in [6.45, 7) is 2.76. The Kier molecular flexibility index (Phi) is 6.96. The topological polar surface area (TPSA) is 107 Å². The summed E-state index contributed by atoms with van der Waals surface area (Å²) in [5.41, 5.74) is -6.23. The molecule has 0 atom stereocenters. The van der Waals surface area contributed by atoms with Gasteiger partial charge in [0.1, 0.15) is 17.1 Å². The first kappa shape index (κ1) is 24.7. The zero-order valence-corrected chi connectivity index (χ0v) is 15.5. The fourth-order valence-electron chi connectivity index (χ4n) is 2.02. The van der Waals surface area contributed by atoms with Crippen LogP contribution in [-0.2, 0) is 19.6 Å². The number of carbonyl (C=O) groups is 2. The lowest BCUT2D eigenvalue weighted by atomic mass is 10.0. The van der Waals surface area contributed by atoms with Gasteiger partial charge in [0.05, 0.1) is 0 Å². The van der Waals surface area contributed by atoms with Crippen LogP contribution >= 0.6 is 0 Å². The first-order valence-electron chi connectivity index (χ1n) is 7.57. The minimum absolute atomic E-state index is 0.236. The highest BCUT2D eigenvalue weighted by Gasteiger charge is 2.76. The SMILES string of the molecule is CCC(=O)Oc1cc(C)ccc1C(=O)OC(CS(=O)(=O)O)(C(F)(F)F)C(F)(F)F. The molecule has 14 heteroatoms. The number of esters is 2. The minimum Gasteiger partial charge on any atom is -0.434 e. The van der Waals surface area contributed by atoms with Crippen molar-refractivity contribution < 1.29 is 58.4 Å². The van der Waals surface area contributed by atoms with Gasteiger partial charge in [-0.2, -0.15) is 34.8 Å². The maximum absolute atomic E-state index is 13.2. The lowest BCUT2D eigenvalue weighted by molar-refractivity contribution is -0.356. The first-order chi connectivity index (χ1) is 12.9. The Hall–Kier alpha value is -2.35. The Balaban J connectivity index is 3.56. The summed E-state index contributed by atoms with van der Waals surface area (Å²) in [4.78, 5) is 23.6. The van der Waals surface area contributed by atoms with Gasteiger partial charge < -0.3 is 9.47 Å². The van der Waals surface area contributed by atoms with E-state index in [2.05, 4.69) is 4.74 Å². The van der Waals surface area contributed by atoms with E-state index in [-0.39, 0.29) is 6.42 Å². The normalized spacial score (nSPS) is 13.1. The average molecular weight is 452 g/mol. The summed E-state index contributed by atoms with van der Waals surface area (Å²) in [5, 5.41) is 0. The molecular weight excluding hydrogens is 438 g/mol. The molecule has 0 unspecified atom stereocenters. The van der Waals surface area contributed by atoms with Crippen molar-refractivity contribution in [2.24, 2.45) is 0 Å². The summed E-state index contributed by atoms with van der Waals surface area (Å²) in [5.74, 6) is -6.94. The van der Waals surface area contributed by atoms with Gasteiger partial charge in [0.25, 0.3) is 10.1 Å². The highest BCUT2D eigenvalue weighted by atomic mass is 32.2. The first-order valence-corrected chi connectivity index (χ1v) is 9.17. The summed E-state index contributed by atoms with van der Waals surface area (Å²) in [7, 11) is -5.92. The van der Waals surface area contributed by atoms with Gasteiger partial charge in [0.15, 0.2) is 0 Å². The number of alkyl halides is 6. The van der Waals surface area contributed by atoms with Crippen molar-refractivity contribution in [2.75, 3.05) is 5.75 Å². The second-order valence-corrected chi connectivity index (χ2v) is 7.22. The van der Waals surface area contributed by atoms with E-state index in [0.717, 1.165) is 18.2 Å². The Morgan fingerprint density at radius 2 is 1.59 bits per heavy atom. The largest absolute Gasteiger partial charge is 0.438 e.